The Hall–Kier alpha value is -2.74. The summed E-state index contributed by atoms with van der Waals surface area (Å²) in [6.45, 7) is 5.06. The Bertz CT molecular complexity index is 773. The fourth-order valence-corrected chi connectivity index (χ4v) is 2.67. The van der Waals surface area contributed by atoms with Crippen molar-refractivity contribution in [2.45, 2.75) is 26.5 Å². The summed E-state index contributed by atoms with van der Waals surface area (Å²) in [6, 6.07) is 5.41. The number of aromatic amines is 1. The van der Waals surface area contributed by atoms with Gasteiger partial charge in [0.2, 0.25) is 5.91 Å². The normalized spacial score (nSPS) is 17.4. The maximum absolute atomic E-state index is 12.6. The van der Waals surface area contributed by atoms with Gasteiger partial charge in [-0.15, -0.1) is 0 Å². The summed E-state index contributed by atoms with van der Waals surface area (Å²) in [5.74, 6) is 0.435. The van der Waals surface area contributed by atoms with E-state index in [1.165, 1.54) is 6.92 Å². The van der Waals surface area contributed by atoms with Crippen LogP contribution in [0.5, 0.6) is 0 Å². The van der Waals surface area contributed by atoms with Crippen molar-refractivity contribution in [3.63, 3.8) is 0 Å². The molecule has 2 aromatic rings. The van der Waals surface area contributed by atoms with Crippen LogP contribution in [0.3, 0.4) is 0 Å². The molecule has 8 heteroatoms. The molecule has 1 fully saturated rings. The van der Waals surface area contributed by atoms with E-state index in [0.29, 0.717) is 37.8 Å². The quantitative estimate of drug-likeness (QED) is 0.861. The number of imidazole rings is 1. The summed E-state index contributed by atoms with van der Waals surface area (Å²) >= 11 is 0. The van der Waals surface area contributed by atoms with Gasteiger partial charge < -0.3 is 19.9 Å². The number of nitrogens with one attached hydrogen (secondary N) is 2. The van der Waals surface area contributed by atoms with Crippen molar-refractivity contribution in [3.05, 3.63) is 47.3 Å². The van der Waals surface area contributed by atoms with Crippen molar-refractivity contribution in [1.29, 1.82) is 0 Å². The first-order valence-electron chi connectivity index (χ1n) is 8.15. The first kappa shape index (κ1) is 17.1. The lowest BCUT2D eigenvalue weighted by atomic mass is 10.2. The topological polar surface area (TPSA) is 100 Å². The largest absolute Gasteiger partial charge is 0.367 e. The van der Waals surface area contributed by atoms with E-state index in [4.69, 9.17) is 4.74 Å². The Morgan fingerprint density at radius 3 is 3.04 bits per heavy atom. The van der Waals surface area contributed by atoms with E-state index in [0.717, 1.165) is 11.4 Å². The zero-order valence-electron chi connectivity index (χ0n) is 14.3. The molecule has 0 unspecified atom stereocenters. The monoisotopic (exact) mass is 343 g/mol. The van der Waals surface area contributed by atoms with Crippen LogP contribution in [0, 0.1) is 6.92 Å². The molecule has 1 aliphatic rings. The van der Waals surface area contributed by atoms with Crippen molar-refractivity contribution in [3.8, 4) is 0 Å². The van der Waals surface area contributed by atoms with Crippen LogP contribution < -0.4 is 5.32 Å². The molecule has 0 aromatic carbocycles. The number of pyridine rings is 1. The third-order valence-electron chi connectivity index (χ3n) is 3.94. The Labute approximate surface area is 145 Å². The molecule has 0 radical (unpaired) electrons. The summed E-state index contributed by atoms with van der Waals surface area (Å²) < 4.78 is 5.75. The third-order valence-corrected chi connectivity index (χ3v) is 3.94. The van der Waals surface area contributed by atoms with Gasteiger partial charge in [0.1, 0.15) is 17.6 Å². The Kier molecular flexibility index (Phi) is 5.08. The second-order valence-corrected chi connectivity index (χ2v) is 5.98. The zero-order chi connectivity index (χ0) is 17.8. The number of carbonyl (C=O) groups is 2. The molecular formula is C17H21N5O3. The number of hydrogen-bond donors (Lipinski definition) is 2. The number of aromatic nitrogens is 3. The zero-order valence-corrected chi connectivity index (χ0v) is 14.3. The summed E-state index contributed by atoms with van der Waals surface area (Å²) in [5.41, 5.74) is 2.04. The van der Waals surface area contributed by atoms with E-state index >= 15 is 0 Å². The van der Waals surface area contributed by atoms with Crippen molar-refractivity contribution >= 4 is 11.8 Å². The highest BCUT2D eigenvalue weighted by molar-refractivity contribution is 5.92. The molecule has 2 amide bonds. The second kappa shape index (κ2) is 7.43. The summed E-state index contributed by atoms with van der Waals surface area (Å²) in [5, 5.41) is 2.71. The SMILES string of the molecule is CC(=O)NCc1cnc([C@H]2CN(C(=O)c3cccc(C)n3)CCO2)[nH]1. The molecule has 2 N–H and O–H groups in total. The van der Waals surface area contributed by atoms with Gasteiger partial charge in [0.15, 0.2) is 0 Å². The number of rotatable bonds is 4. The number of hydrogen-bond acceptors (Lipinski definition) is 5. The molecule has 0 bridgehead atoms. The fraction of sp³-hybridized carbons (Fsp3) is 0.412. The highest BCUT2D eigenvalue weighted by atomic mass is 16.5. The van der Waals surface area contributed by atoms with Crippen molar-refractivity contribution < 1.29 is 14.3 Å². The van der Waals surface area contributed by atoms with E-state index in [1.54, 1.807) is 17.2 Å². The third kappa shape index (κ3) is 4.21. The molecule has 1 saturated heterocycles. The minimum Gasteiger partial charge on any atom is -0.367 e. The first-order valence-corrected chi connectivity index (χ1v) is 8.15. The molecule has 132 valence electrons. The van der Waals surface area contributed by atoms with Gasteiger partial charge in [-0.2, -0.15) is 0 Å². The Balaban J connectivity index is 1.67. The van der Waals surface area contributed by atoms with E-state index in [2.05, 4.69) is 20.3 Å². The lowest BCUT2D eigenvalue weighted by Crippen LogP contribution is -2.42. The molecule has 0 saturated carbocycles. The first-order chi connectivity index (χ1) is 12.0. The van der Waals surface area contributed by atoms with Crippen molar-refractivity contribution in [1.82, 2.24) is 25.2 Å². The van der Waals surface area contributed by atoms with Crippen LogP contribution in [0.1, 0.15) is 40.7 Å². The van der Waals surface area contributed by atoms with Gasteiger partial charge in [-0.1, -0.05) is 6.07 Å². The fourth-order valence-electron chi connectivity index (χ4n) is 2.67. The van der Waals surface area contributed by atoms with Gasteiger partial charge >= 0.3 is 0 Å². The Morgan fingerprint density at radius 2 is 2.28 bits per heavy atom. The summed E-state index contributed by atoms with van der Waals surface area (Å²) in [7, 11) is 0. The minimum atomic E-state index is -0.325. The summed E-state index contributed by atoms with van der Waals surface area (Å²) in [4.78, 5) is 37.1. The van der Waals surface area contributed by atoms with E-state index < -0.39 is 0 Å². The molecule has 8 nitrogen and oxygen atoms in total. The molecule has 2 aromatic heterocycles. The van der Waals surface area contributed by atoms with Crippen molar-refractivity contribution in [2.75, 3.05) is 19.7 Å². The smallest absolute Gasteiger partial charge is 0.272 e. The standard InChI is InChI=1S/C17H21N5O3/c1-11-4-3-5-14(20-11)17(24)22-6-7-25-15(10-22)16-19-9-13(21-16)8-18-12(2)23/h3-5,9,15H,6-8,10H2,1-2H3,(H,18,23)(H,19,21)/t15-/m1/s1. The van der Waals surface area contributed by atoms with Crippen LogP contribution >= 0.6 is 0 Å². The van der Waals surface area contributed by atoms with Crippen molar-refractivity contribution in [2.24, 2.45) is 0 Å². The average molecular weight is 343 g/mol. The van der Waals surface area contributed by atoms with Crippen LogP contribution in [0.25, 0.3) is 0 Å². The average Bonchev–Trinajstić information content (AvgIpc) is 3.08. The van der Waals surface area contributed by atoms with Crippen LogP contribution in [0.4, 0.5) is 0 Å². The van der Waals surface area contributed by atoms with Gasteiger partial charge in [-0.05, 0) is 19.1 Å². The molecule has 0 spiro atoms. The van der Waals surface area contributed by atoms with Gasteiger partial charge in [-0.25, -0.2) is 9.97 Å². The minimum absolute atomic E-state index is 0.104. The Morgan fingerprint density at radius 1 is 1.44 bits per heavy atom. The van der Waals surface area contributed by atoms with Gasteiger partial charge in [0.05, 0.1) is 31.6 Å². The lowest BCUT2D eigenvalue weighted by Gasteiger charge is -2.31. The maximum atomic E-state index is 12.6. The van der Waals surface area contributed by atoms with Crippen LogP contribution in [0.2, 0.25) is 0 Å². The number of amides is 2. The van der Waals surface area contributed by atoms with Gasteiger partial charge in [0.25, 0.3) is 5.91 Å². The maximum Gasteiger partial charge on any atom is 0.272 e. The highest BCUT2D eigenvalue weighted by Gasteiger charge is 2.28. The number of nitrogens with zero attached hydrogens (tertiary/aromatic N) is 3. The molecular weight excluding hydrogens is 322 g/mol. The van der Waals surface area contributed by atoms with E-state index in [1.807, 2.05) is 19.1 Å². The van der Waals surface area contributed by atoms with Crippen LogP contribution in [-0.2, 0) is 16.1 Å². The molecule has 25 heavy (non-hydrogen) atoms. The van der Waals surface area contributed by atoms with E-state index in [9.17, 15) is 9.59 Å². The molecule has 1 aliphatic heterocycles. The number of carbonyl (C=O) groups excluding carboxylic acids is 2. The number of ether oxygens (including phenoxy) is 1. The number of H-pyrrole nitrogens is 1. The second-order valence-electron chi connectivity index (χ2n) is 5.98. The molecule has 1 atom stereocenters. The predicted octanol–water partition coefficient (Wildman–Crippen LogP) is 0.963. The number of morpholine rings is 1. The summed E-state index contributed by atoms with van der Waals surface area (Å²) in [6.07, 6.45) is 1.34. The van der Waals surface area contributed by atoms with Gasteiger partial charge in [0, 0.05) is 19.2 Å². The lowest BCUT2D eigenvalue weighted by molar-refractivity contribution is -0.119. The highest BCUT2D eigenvalue weighted by Crippen LogP contribution is 2.21. The number of aryl methyl sites for hydroxylation is 1. The van der Waals surface area contributed by atoms with Crippen LogP contribution in [-0.4, -0.2) is 51.4 Å². The molecule has 3 rings (SSSR count). The predicted molar refractivity (Wildman–Crippen MR) is 89.7 cm³/mol. The van der Waals surface area contributed by atoms with Crippen LogP contribution in [0.15, 0.2) is 24.4 Å². The molecule has 0 aliphatic carbocycles. The van der Waals surface area contributed by atoms with E-state index in [-0.39, 0.29) is 17.9 Å². The molecule has 3 heterocycles. The van der Waals surface area contributed by atoms with Gasteiger partial charge in [-0.3, -0.25) is 9.59 Å².